The van der Waals surface area contributed by atoms with Crippen molar-refractivity contribution in [1.82, 2.24) is 0 Å². The van der Waals surface area contributed by atoms with E-state index in [0.29, 0.717) is 5.69 Å². The third-order valence-corrected chi connectivity index (χ3v) is 1.33. The number of aromatic carboxylic acids is 1. The minimum atomic E-state index is -0.949. The highest BCUT2D eigenvalue weighted by Crippen LogP contribution is 2.09. The van der Waals surface area contributed by atoms with Gasteiger partial charge < -0.3 is 5.11 Å². The topological polar surface area (TPSA) is 58.6 Å². The zero-order valence-corrected chi connectivity index (χ0v) is 6.57. The molecule has 0 amide bonds. The van der Waals surface area contributed by atoms with Gasteiger partial charge in [-0.05, 0) is 18.2 Å². The molecule has 0 atom stereocenters. The molecule has 2 N–H and O–H groups in total. The van der Waals surface area contributed by atoms with Crippen LogP contribution in [0.5, 0.6) is 0 Å². The molecule has 0 fully saturated rings. The minimum absolute atomic E-state index is 0.233. The van der Waals surface area contributed by atoms with E-state index in [-0.39, 0.29) is 5.56 Å². The van der Waals surface area contributed by atoms with E-state index >= 15 is 0 Å². The predicted molar refractivity (Wildman–Crippen MR) is 44.0 cm³/mol. The van der Waals surface area contributed by atoms with Crippen molar-refractivity contribution in [3.63, 3.8) is 0 Å². The number of carbonyl (C=O) groups is 1. The van der Waals surface area contributed by atoms with Gasteiger partial charge in [0.05, 0.1) is 18.4 Å². The first-order valence-electron chi connectivity index (χ1n) is 3.36. The van der Waals surface area contributed by atoms with Crippen LogP contribution in [-0.2, 0) is 4.84 Å². The number of hydrogen-bond acceptors (Lipinski definition) is 3. The molecule has 0 saturated heterocycles. The standard InChI is InChI=1S/C8H9NO3/c1-12-9-7-4-2-3-6(5-7)8(10)11/h2-5,9H,1H3,(H,10,11). The van der Waals surface area contributed by atoms with Gasteiger partial charge in [-0.25, -0.2) is 4.79 Å². The molecule has 0 aromatic heterocycles. The average molecular weight is 167 g/mol. The summed E-state index contributed by atoms with van der Waals surface area (Å²) in [7, 11) is 1.47. The van der Waals surface area contributed by atoms with E-state index < -0.39 is 5.97 Å². The molecule has 1 aromatic carbocycles. The zero-order chi connectivity index (χ0) is 8.97. The molecule has 4 nitrogen and oxygen atoms in total. The van der Waals surface area contributed by atoms with E-state index in [9.17, 15) is 4.79 Å². The molecule has 1 rings (SSSR count). The van der Waals surface area contributed by atoms with Crippen LogP contribution in [0.4, 0.5) is 5.69 Å². The summed E-state index contributed by atoms with van der Waals surface area (Å²) in [6, 6.07) is 6.37. The van der Waals surface area contributed by atoms with Gasteiger partial charge in [0.1, 0.15) is 0 Å². The number of benzene rings is 1. The van der Waals surface area contributed by atoms with Gasteiger partial charge in [-0.1, -0.05) is 6.07 Å². The number of nitrogens with one attached hydrogen (secondary N) is 1. The maximum atomic E-state index is 10.5. The van der Waals surface area contributed by atoms with E-state index in [0.717, 1.165) is 0 Å². The largest absolute Gasteiger partial charge is 0.478 e. The highest BCUT2D eigenvalue weighted by molar-refractivity contribution is 5.88. The van der Waals surface area contributed by atoms with Gasteiger partial charge in [-0.15, -0.1) is 0 Å². The lowest BCUT2D eigenvalue weighted by Gasteiger charge is -2.02. The second-order valence-corrected chi connectivity index (χ2v) is 2.19. The Labute approximate surface area is 69.7 Å². The third-order valence-electron chi connectivity index (χ3n) is 1.33. The molecule has 0 aliphatic heterocycles. The smallest absolute Gasteiger partial charge is 0.335 e. The Bertz CT molecular complexity index is 285. The van der Waals surface area contributed by atoms with Crippen LogP contribution in [0.1, 0.15) is 10.4 Å². The van der Waals surface area contributed by atoms with Crippen LogP contribution >= 0.6 is 0 Å². The summed E-state index contributed by atoms with van der Waals surface area (Å²) < 4.78 is 0. The molecule has 0 unspecified atom stereocenters. The number of carboxylic acids is 1. The molecule has 0 aliphatic rings. The monoisotopic (exact) mass is 167 g/mol. The Balaban J connectivity index is 2.88. The molecular weight excluding hydrogens is 158 g/mol. The Morgan fingerprint density at radius 2 is 2.33 bits per heavy atom. The molecule has 0 bridgehead atoms. The highest BCUT2D eigenvalue weighted by Gasteiger charge is 2.01. The van der Waals surface area contributed by atoms with Crippen molar-refractivity contribution in [3.8, 4) is 0 Å². The van der Waals surface area contributed by atoms with E-state index in [2.05, 4.69) is 10.3 Å². The molecule has 12 heavy (non-hydrogen) atoms. The lowest BCUT2D eigenvalue weighted by Crippen LogP contribution is -1.99. The van der Waals surface area contributed by atoms with E-state index in [4.69, 9.17) is 5.11 Å². The fourth-order valence-electron chi connectivity index (χ4n) is 0.834. The van der Waals surface area contributed by atoms with Crippen molar-refractivity contribution in [2.75, 3.05) is 12.6 Å². The third kappa shape index (κ3) is 1.96. The maximum absolute atomic E-state index is 10.5. The quantitative estimate of drug-likeness (QED) is 0.667. The Morgan fingerprint density at radius 1 is 1.58 bits per heavy atom. The van der Waals surface area contributed by atoms with Crippen LogP contribution in [-0.4, -0.2) is 18.2 Å². The first kappa shape index (κ1) is 8.55. The fourth-order valence-corrected chi connectivity index (χ4v) is 0.834. The van der Waals surface area contributed by atoms with Gasteiger partial charge in [0.2, 0.25) is 0 Å². The normalized spacial score (nSPS) is 9.42. The molecule has 0 spiro atoms. The number of rotatable bonds is 3. The molecule has 4 heteroatoms. The lowest BCUT2D eigenvalue weighted by atomic mass is 10.2. The van der Waals surface area contributed by atoms with Crippen molar-refractivity contribution in [2.45, 2.75) is 0 Å². The molecule has 64 valence electrons. The van der Waals surface area contributed by atoms with Crippen LogP contribution in [0.15, 0.2) is 24.3 Å². The van der Waals surface area contributed by atoms with Crippen LogP contribution in [0.25, 0.3) is 0 Å². The van der Waals surface area contributed by atoms with Gasteiger partial charge in [0, 0.05) is 0 Å². The number of hydrogen-bond donors (Lipinski definition) is 2. The van der Waals surface area contributed by atoms with Crippen LogP contribution in [0.2, 0.25) is 0 Å². The van der Waals surface area contributed by atoms with Crippen molar-refractivity contribution in [2.24, 2.45) is 0 Å². The first-order chi connectivity index (χ1) is 5.74. The van der Waals surface area contributed by atoms with Crippen molar-refractivity contribution >= 4 is 11.7 Å². The van der Waals surface area contributed by atoms with Gasteiger partial charge >= 0.3 is 5.97 Å². The van der Waals surface area contributed by atoms with Crippen molar-refractivity contribution < 1.29 is 14.7 Å². The maximum Gasteiger partial charge on any atom is 0.335 e. The summed E-state index contributed by atoms with van der Waals surface area (Å²) in [6.45, 7) is 0. The van der Waals surface area contributed by atoms with E-state index in [1.54, 1.807) is 12.1 Å². The summed E-state index contributed by atoms with van der Waals surface area (Å²) in [5.74, 6) is -0.949. The summed E-state index contributed by atoms with van der Waals surface area (Å²) in [5.41, 5.74) is 3.40. The molecule has 0 saturated carbocycles. The molecule has 0 radical (unpaired) electrons. The lowest BCUT2D eigenvalue weighted by molar-refractivity contribution is 0.0697. The Kier molecular flexibility index (Phi) is 2.66. The van der Waals surface area contributed by atoms with E-state index in [1.807, 2.05) is 0 Å². The van der Waals surface area contributed by atoms with Crippen LogP contribution < -0.4 is 5.48 Å². The predicted octanol–water partition coefficient (Wildman–Crippen LogP) is 1.36. The van der Waals surface area contributed by atoms with Crippen LogP contribution in [0, 0.1) is 0 Å². The first-order valence-corrected chi connectivity index (χ1v) is 3.36. The van der Waals surface area contributed by atoms with Crippen LogP contribution in [0.3, 0.4) is 0 Å². The second kappa shape index (κ2) is 3.73. The number of carboxylic acid groups (broad SMARTS) is 1. The van der Waals surface area contributed by atoms with Gasteiger partial charge in [-0.3, -0.25) is 10.3 Å². The van der Waals surface area contributed by atoms with Crippen molar-refractivity contribution in [3.05, 3.63) is 29.8 Å². The molecular formula is C8H9NO3. The van der Waals surface area contributed by atoms with Gasteiger partial charge in [0.25, 0.3) is 0 Å². The van der Waals surface area contributed by atoms with E-state index in [1.165, 1.54) is 19.2 Å². The zero-order valence-electron chi connectivity index (χ0n) is 6.57. The van der Waals surface area contributed by atoms with Gasteiger partial charge in [0.15, 0.2) is 0 Å². The molecule has 0 aliphatic carbocycles. The fraction of sp³-hybridized carbons (Fsp3) is 0.125. The Morgan fingerprint density at radius 3 is 2.92 bits per heavy atom. The van der Waals surface area contributed by atoms with Crippen molar-refractivity contribution in [1.29, 1.82) is 0 Å². The summed E-state index contributed by atoms with van der Waals surface area (Å²) in [4.78, 5) is 15.1. The highest BCUT2D eigenvalue weighted by atomic mass is 16.6. The second-order valence-electron chi connectivity index (χ2n) is 2.19. The minimum Gasteiger partial charge on any atom is -0.478 e. The summed E-state index contributed by atoms with van der Waals surface area (Å²) >= 11 is 0. The summed E-state index contributed by atoms with van der Waals surface area (Å²) in [5, 5.41) is 8.61. The average Bonchev–Trinajstić information content (AvgIpc) is 2.05. The van der Waals surface area contributed by atoms with Gasteiger partial charge in [-0.2, -0.15) is 0 Å². The number of anilines is 1. The summed E-state index contributed by atoms with van der Waals surface area (Å²) in [6.07, 6.45) is 0. The SMILES string of the molecule is CONc1cccc(C(=O)O)c1. The molecule has 1 aromatic rings. The Hall–Kier alpha value is -1.55. The molecule has 0 heterocycles.